The molecule has 0 N–H and O–H groups in total. The number of imidazole rings is 1. The number of nitrogens with zero attached hydrogens (tertiary/aromatic N) is 2. The Morgan fingerprint density at radius 1 is 1.14 bits per heavy atom. The number of alkyl halides is 1. The molecule has 6 heteroatoms. The molecule has 108 valence electrons. The highest BCUT2D eigenvalue weighted by atomic mass is 35.5. The molecule has 2 aromatic carbocycles. The maximum absolute atomic E-state index is 14.3. The molecule has 0 aliphatic rings. The molecule has 3 rings (SSSR count). The van der Waals surface area contributed by atoms with Crippen LogP contribution in [0.3, 0.4) is 0 Å². The third-order valence-electron chi connectivity index (χ3n) is 3.19. The van der Waals surface area contributed by atoms with Crippen molar-refractivity contribution in [3.05, 3.63) is 58.9 Å². The van der Waals surface area contributed by atoms with Crippen LogP contribution in [0.15, 0.2) is 36.4 Å². The second kappa shape index (κ2) is 5.28. The van der Waals surface area contributed by atoms with Crippen LogP contribution < -0.4 is 0 Å². The van der Waals surface area contributed by atoms with Gasteiger partial charge in [-0.3, -0.25) is 4.57 Å². The van der Waals surface area contributed by atoms with E-state index in [0.29, 0.717) is 11.3 Å². The Morgan fingerprint density at radius 2 is 1.86 bits per heavy atom. The molecule has 3 aromatic rings. The van der Waals surface area contributed by atoms with Crippen molar-refractivity contribution in [2.75, 3.05) is 0 Å². The van der Waals surface area contributed by atoms with Crippen molar-refractivity contribution in [2.45, 2.75) is 12.3 Å². The summed E-state index contributed by atoms with van der Waals surface area (Å²) in [5.41, 5.74) is 0.788. The van der Waals surface area contributed by atoms with Gasteiger partial charge in [-0.1, -0.05) is 23.7 Å². The second-order valence-corrected chi connectivity index (χ2v) is 5.66. The predicted octanol–water partition coefficient (Wildman–Crippen LogP) is 5.26. The lowest BCUT2D eigenvalue weighted by atomic mass is 10.2. The maximum atomic E-state index is 14.3. The molecule has 21 heavy (non-hydrogen) atoms. The number of halogens is 4. The molecule has 0 radical (unpaired) electrons. The molecule has 1 heterocycles. The summed E-state index contributed by atoms with van der Waals surface area (Å²) in [5, 5.41) is -0.533. The lowest BCUT2D eigenvalue weighted by Gasteiger charge is -2.12. The summed E-state index contributed by atoms with van der Waals surface area (Å²) >= 11 is 11.9. The van der Waals surface area contributed by atoms with Gasteiger partial charge in [0.25, 0.3) is 0 Å². The van der Waals surface area contributed by atoms with E-state index < -0.39 is 17.0 Å². The highest BCUT2D eigenvalue weighted by Gasteiger charge is 2.21. The number of rotatable bonds is 2. The van der Waals surface area contributed by atoms with Crippen LogP contribution in [0.25, 0.3) is 16.7 Å². The van der Waals surface area contributed by atoms with Crippen LogP contribution in [0.2, 0.25) is 5.02 Å². The average Bonchev–Trinajstić information content (AvgIpc) is 2.83. The first kappa shape index (κ1) is 14.3. The average molecular weight is 327 g/mol. The zero-order valence-corrected chi connectivity index (χ0v) is 12.5. The van der Waals surface area contributed by atoms with Gasteiger partial charge >= 0.3 is 0 Å². The summed E-state index contributed by atoms with van der Waals surface area (Å²) in [6.45, 7) is 1.69. The molecular weight excluding hydrogens is 317 g/mol. The van der Waals surface area contributed by atoms with E-state index in [1.807, 2.05) is 0 Å². The summed E-state index contributed by atoms with van der Waals surface area (Å²) in [6.07, 6.45) is 0. The molecule has 0 fully saturated rings. The van der Waals surface area contributed by atoms with E-state index in [1.165, 1.54) is 16.7 Å². The van der Waals surface area contributed by atoms with E-state index in [0.717, 1.165) is 0 Å². The van der Waals surface area contributed by atoms with Gasteiger partial charge in [0.1, 0.15) is 11.3 Å². The third kappa shape index (κ3) is 2.28. The Morgan fingerprint density at radius 3 is 2.57 bits per heavy atom. The van der Waals surface area contributed by atoms with Crippen molar-refractivity contribution in [2.24, 2.45) is 0 Å². The second-order valence-electron chi connectivity index (χ2n) is 4.60. The van der Waals surface area contributed by atoms with Crippen molar-refractivity contribution < 1.29 is 8.78 Å². The van der Waals surface area contributed by atoms with E-state index in [1.54, 1.807) is 31.2 Å². The van der Waals surface area contributed by atoms with E-state index >= 15 is 0 Å². The van der Waals surface area contributed by atoms with Crippen molar-refractivity contribution >= 4 is 34.2 Å². The Labute approximate surface area is 129 Å². The summed E-state index contributed by atoms with van der Waals surface area (Å²) in [7, 11) is 0. The molecule has 2 nitrogen and oxygen atoms in total. The summed E-state index contributed by atoms with van der Waals surface area (Å²) < 4.78 is 29.7. The van der Waals surface area contributed by atoms with Gasteiger partial charge in [0.15, 0.2) is 11.6 Å². The molecule has 0 bridgehead atoms. The van der Waals surface area contributed by atoms with Crippen molar-refractivity contribution in [3.8, 4) is 5.69 Å². The molecule has 1 unspecified atom stereocenters. The van der Waals surface area contributed by atoms with Crippen molar-refractivity contribution in [3.63, 3.8) is 0 Å². The normalized spacial score (nSPS) is 12.8. The maximum Gasteiger partial charge on any atom is 0.165 e. The fourth-order valence-corrected chi connectivity index (χ4v) is 2.58. The van der Waals surface area contributed by atoms with Gasteiger partial charge in [-0.2, -0.15) is 0 Å². The predicted molar refractivity (Wildman–Crippen MR) is 80.3 cm³/mol. The Hall–Kier alpha value is -1.65. The van der Waals surface area contributed by atoms with Gasteiger partial charge in [-0.15, -0.1) is 11.6 Å². The summed E-state index contributed by atoms with van der Waals surface area (Å²) in [4.78, 5) is 4.21. The smallest absolute Gasteiger partial charge is 0.165 e. The molecule has 0 spiro atoms. The van der Waals surface area contributed by atoms with Gasteiger partial charge in [0.05, 0.1) is 21.6 Å². The minimum atomic E-state index is -0.596. The molecule has 0 aliphatic heterocycles. The Balaban J connectivity index is 2.43. The van der Waals surface area contributed by atoms with Crippen molar-refractivity contribution in [1.82, 2.24) is 9.55 Å². The first-order valence-corrected chi connectivity index (χ1v) is 7.07. The molecule has 0 amide bonds. The topological polar surface area (TPSA) is 17.8 Å². The fourth-order valence-electron chi connectivity index (χ4n) is 2.27. The fraction of sp³-hybridized carbons (Fsp3) is 0.133. The minimum Gasteiger partial charge on any atom is -0.292 e. The zero-order chi connectivity index (χ0) is 15.1. The number of benzene rings is 2. The van der Waals surface area contributed by atoms with E-state index in [2.05, 4.69) is 4.98 Å². The Kier molecular flexibility index (Phi) is 3.59. The number of hydrogen-bond acceptors (Lipinski definition) is 1. The molecule has 1 atom stereocenters. The highest BCUT2D eigenvalue weighted by Crippen LogP contribution is 2.31. The molecule has 1 aromatic heterocycles. The molecule has 0 saturated carbocycles. The van der Waals surface area contributed by atoms with E-state index in [9.17, 15) is 8.78 Å². The van der Waals surface area contributed by atoms with Crippen molar-refractivity contribution in [1.29, 1.82) is 0 Å². The first-order chi connectivity index (χ1) is 10.0. The standard InChI is InChI=1S/C15H10Cl2F2N2/c1-8(16)15-20-14-10(18)5-3-7-12(14)21(15)11-6-2-4-9(17)13(11)19/h2-8H,1H3. The SMILES string of the molecule is CC(Cl)c1nc2c(F)cccc2n1-c1cccc(Cl)c1F. The highest BCUT2D eigenvalue weighted by molar-refractivity contribution is 6.30. The van der Waals surface area contributed by atoms with Crippen LogP contribution in [0, 0.1) is 11.6 Å². The van der Waals surface area contributed by atoms with Crippen LogP contribution in [0.5, 0.6) is 0 Å². The largest absolute Gasteiger partial charge is 0.292 e. The number of hydrogen-bond donors (Lipinski definition) is 0. The van der Waals surface area contributed by atoms with Crippen LogP contribution in [-0.4, -0.2) is 9.55 Å². The third-order valence-corrected chi connectivity index (χ3v) is 3.68. The lowest BCUT2D eigenvalue weighted by molar-refractivity contribution is 0.617. The minimum absolute atomic E-state index is 0.0149. The van der Waals surface area contributed by atoms with Gasteiger partial charge in [0, 0.05) is 0 Å². The van der Waals surface area contributed by atoms with Crippen LogP contribution in [0.4, 0.5) is 8.78 Å². The first-order valence-electron chi connectivity index (χ1n) is 6.26. The van der Waals surface area contributed by atoms with Crippen LogP contribution in [-0.2, 0) is 0 Å². The number of fused-ring (bicyclic) bond motifs is 1. The summed E-state index contributed by atoms with van der Waals surface area (Å²) in [5.74, 6) is -0.716. The van der Waals surface area contributed by atoms with Gasteiger partial charge in [-0.25, -0.2) is 13.8 Å². The summed E-state index contributed by atoms with van der Waals surface area (Å²) in [6, 6.07) is 9.13. The molecular formula is C15H10Cl2F2N2. The van der Waals surface area contributed by atoms with Gasteiger partial charge in [-0.05, 0) is 31.2 Å². The Bertz CT molecular complexity index is 828. The zero-order valence-electron chi connectivity index (χ0n) is 10.9. The van der Waals surface area contributed by atoms with Crippen LogP contribution in [0.1, 0.15) is 18.1 Å². The van der Waals surface area contributed by atoms with E-state index in [-0.39, 0.29) is 16.2 Å². The number of para-hydroxylation sites is 1. The van der Waals surface area contributed by atoms with Gasteiger partial charge < -0.3 is 0 Å². The van der Waals surface area contributed by atoms with Crippen LogP contribution >= 0.6 is 23.2 Å². The van der Waals surface area contributed by atoms with Gasteiger partial charge in [0.2, 0.25) is 0 Å². The molecule has 0 aliphatic carbocycles. The lowest BCUT2D eigenvalue weighted by Crippen LogP contribution is -2.04. The quantitative estimate of drug-likeness (QED) is 0.587. The molecule has 0 saturated heterocycles. The monoisotopic (exact) mass is 326 g/mol. The number of aromatic nitrogens is 2. The van der Waals surface area contributed by atoms with E-state index in [4.69, 9.17) is 23.2 Å².